The Morgan fingerprint density at radius 3 is 2.70 bits per heavy atom. The van der Waals surface area contributed by atoms with Gasteiger partial charge in [-0.05, 0) is 4.92 Å². The Bertz CT molecular complexity index is 269. The first-order valence-corrected chi connectivity index (χ1v) is 3.52. The van der Waals surface area contributed by atoms with Crippen LogP contribution in [0.15, 0.2) is 6.20 Å². The number of hydrogen-bond acceptors (Lipinski definition) is 3. The molecule has 0 aromatic carbocycles. The van der Waals surface area contributed by atoms with E-state index in [1.807, 2.05) is 22.6 Å². The summed E-state index contributed by atoms with van der Waals surface area (Å²) >= 11 is 1.93. The minimum Gasteiger partial charge on any atom is -0.358 e. The molecule has 0 fully saturated rings. The van der Waals surface area contributed by atoms with Crippen molar-refractivity contribution in [3.05, 3.63) is 20.1 Å². The van der Waals surface area contributed by atoms with Crippen LogP contribution in [0, 0.1) is 13.9 Å². The maximum absolute atomic E-state index is 10.2. The Balaban J connectivity index is 3.17. The van der Waals surface area contributed by atoms with E-state index in [4.69, 9.17) is 0 Å². The molecule has 0 spiro atoms. The van der Waals surface area contributed by atoms with Gasteiger partial charge in [-0.2, -0.15) is 0 Å². The van der Waals surface area contributed by atoms with Gasteiger partial charge in [-0.1, -0.05) is 0 Å². The van der Waals surface area contributed by atoms with Gasteiger partial charge in [-0.25, -0.2) is 9.55 Å². The monoisotopic (exact) mass is 253 g/mol. The molecule has 0 amide bonds. The van der Waals surface area contributed by atoms with E-state index in [0.717, 1.165) is 0 Å². The van der Waals surface area contributed by atoms with E-state index in [1.165, 1.54) is 10.8 Å². The third-order valence-corrected chi connectivity index (χ3v) is 2.10. The first-order chi connectivity index (χ1) is 4.63. The van der Waals surface area contributed by atoms with Gasteiger partial charge >= 0.3 is 5.82 Å². The number of nitro groups is 1. The molecule has 0 N–H and O–H groups in total. The molecule has 10 heavy (non-hydrogen) atoms. The number of aromatic nitrogens is 2. The highest BCUT2D eigenvalue weighted by Gasteiger charge is 2.12. The van der Waals surface area contributed by atoms with Crippen LogP contribution in [0.3, 0.4) is 0 Å². The van der Waals surface area contributed by atoms with Crippen molar-refractivity contribution in [1.82, 2.24) is 9.55 Å². The smallest absolute Gasteiger partial charge is 0.343 e. The third-order valence-electron chi connectivity index (χ3n) is 1.09. The van der Waals surface area contributed by atoms with Crippen LogP contribution in [0.1, 0.15) is 0 Å². The molecule has 0 bridgehead atoms. The van der Waals surface area contributed by atoms with Gasteiger partial charge in [-0.3, -0.25) is 0 Å². The number of nitrogens with zero attached hydrogens (tertiary/aromatic N) is 3. The lowest BCUT2D eigenvalue weighted by atomic mass is 10.8. The van der Waals surface area contributed by atoms with Crippen LogP contribution in [0.25, 0.3) is 0 Å². The van der Waals surface area contributed by atoms with Crippen molar-refractivity contribution in [3.63, 3.8) is 0 Å². The number of halogens is 1. The van der Waals surface area contributed by atoms with E-state index in [1.54, 1.807) is 7.05 Å². The van der Waals surface area contributed by atoms with E-state index in [2.05, 4.69) is 4.98 Å². The van der Waals surface area contributed by atoms with Gasteiger partial charge < -0.3 is 10.1 Å². The number of rotatable bonds is 1. The number of imidazole rings is 1. The molecule has 0 saturated heterocycles. The van der Waals surface area contributed by atoms with Crippen molar-refractivity contribution in [2.24, 2.45) is 7.05 Å². The molecule has 0 radical (unpaired) electrons. The Labute approximate surface area is 70.3 Å². The maximum atomic E-state index is 10.2. The largest absolute Gasteiger partial charge is 0.358 e. The summed E-state index contributed by atoms with van der Waals surface area (Å²) < 4.78 is 2.03. The van der Waals surface area contributed by atoms with Crippen LogP contribution in [0.4, 0.5) is 5.82 Å². The summed E-state index contributed by atoms with van der Waals surface area (Å²) in [6, 6.07) is 0. The van der Waals surface area contributed by atoms with Crippen molar-refractivity contribution < 1.29 is 4.92 Å². The van der Waals surface area contributed by atoms with E-state index in [9.17, 15) is 10.1 Å². The summed E-state index contributed by atoms with van der Waals surface area (Å²) in [5.41, 5.74) is 0. The molecule has 1 heterocycles. The third kappa shape index (κ3) is 1.11. The SMILES string of the molecule is Cn1c([N+](=O)[O-])cnc1I. The highest BCUT2D eigenvalue weighted by molar-refractivity contribution is 14.1. The van der Waals surface area contributed by atoms with E-state index in [0.29, 0.717) is 3.83 Å². The fourth-order valence-electron chi connectivity index (χ4n) is 0.548. The molecule has 1 aromatic heterocycles. The van der Waals surface area contributed by atoms with Gasteiger partial charge in [0.1, 0.15) is 6.20 Å². The average Bonchev–Trinajstić information content (AvgIpc) is 2.14. The summed E-state index contributed by atoms with van der Waals surface area (Å²) in [6.07, 6.45) is 1.24. The van der Waals surface area contributed by atoms with Gasteiger partial charge in [0, 0.05) is 22.6 Å². The molecular weight excluding hydrogens is 249 g/mol. The average molecular weight is 253 g/mol. The summed E-state index contributed by atoms with van der Waals surface area (Å²) in [5.74, 6) is 0.0180. The molecule has 0 aliphatic rings. The first kappa shape index (κ1) is 7.45. The molecule has 0 unspecified atom stereocenters. The minimum absolute atomic E-state index is 0.0180. The van der Waals surface area contributed by atoms with Crippen LogP contribution < -0.4 is 0 Å². The van der Waals surface area contributed by atoms with Crippen molar-refractivity contribution >= 4 is 28.4 Å². The van der Waals surface area contributed by atoms with Crippen molar-refractivity contribution in [2.75, 3.05) is 0 Å². The molecule has 1 aromatic rings. The predicted octanol–water partition coefficient (Wildman–Crippen LogP) is 0.933. The second kappa shape index (κ2) is 2.52. The second-order valence-corrected chi connectivity index (χ2v) is 2.67. The number of hydrogen-bond donors (Lipinski definition) is 0. The molecular formula is C4H4IN3O2. The summed E-state index contributed by atoms with van der Waals surface area (Å²) in [4.78, 5) is 13.5. The molecule has 1 rings (SSSR count). The summed E-state index contributed by atoms with van der Waals surface area (Å²) in [7, 11) is 1.60. The maximum Gasteiger partial charge on any atom is 0.343 e. The molecule has 0 saturated carbocycles. The fourth-order valence-corrected chi connectivity index (χ4v) is 0.935. The molecule has 5 nitrogen and oxygen atoms in total. The fraction of sp³-hybridized carbons (Fsp3) is 0.250. The lowest BCUT2D eigenvalue weighted by Crippen LogP contribution is -1.97. The van der Waals surface area contributed by atoms with Crippen molar-refractivity contribution in [3.8, 4) is 0 Å². The summed E-state index contributed by atoms with van der Waals surface area (Å²) in [6.45, 7) is 0. The van der Waals surface area contributed by atoms with E-state index >= 15 is 0 Å². The second-order valence-electron chi connectivity index (χ2n) is 1.70. The zero-order valence-electron chi connectivity index (χ0n) is 5.11. The Morgan fingerprint density at radius 2 is 2.50 bits per heavy atom. The lowest BCUT2D eigenvalue weighted by Gasteiger charge is -1.91. The highest BCUT2D eigenvalue weighted by atomic mass is 127. The van der Waals surface area contributed by atoms with Crippen molar-refractivity contribution in [1.29, 1.82) is 0 Å². The minimum atomic E-state index is -0.463. The standard InChI is InChI=1S/C4H4IN3O2/c1-7-3(8(9)10)2-6-4(7)5/h2H,1H3. The van der Waals surface area contributed by atoms with Gasteiger partial charge in [0.05, 0.1) is 7.05 Å². The van der Waals surface area contributed by atoms with E-state index in [-0.39, 0.29) is 5.82 Å². The molecule has 6 heteroatoms. The van der Waals surface area contributed by atoms with Crippen LogP contribution in [0.5, 0.6) is 0 Å². The van der Waals surface area contributed by atoms with Crippen LogP contribution in [-0.2, 0) is 7.05 Å². The first-order valence-electron chi connectivity index (χ1n) is 2.44. The Hall–Kier alpha value is -0.660. The van der Waals surface area contributed by atoms with Crippen LogP contribution in [0.2, 0.25) is 0 Å². The molecule has 0 aliphatic heterocycles. The van der Waals surface area contributed by atoms with Gasteiger partial charge in [0.25, 0.3) is 3.83 Å². The summed E-state index contributed by atoms with van der Waals surface area (Å²) in [5, 5.41) is 10.2. The van der Waals surface area contributed by atoms with Gasteiger partial charge in [-0.15, -0.1) is 0 Å². The predicted molar refractivity (Wildman–Crippen MR) is 42.6 cm³/mol. The topological polar surface area (TPSA) is 61.0 Å². The molecule has 54 valence electrons. The quantitative estimate of drug-likeness (QED) is 0.425. The molecule has 0 atom stereocenters. The highest BCUT2D eigenvalue weighted by Crippen LogP contribution is 2.12. The van der Waals surface area contributed by atoms with E-state index < -0.39 is 4.92 Å². The van der Waals surface area contributed by atoms with Crippen molar-refractivity contribution in [2.45, 2.75) is 0 Å². The molecule has 0 aliphatic carbocycles. The van der Waals surface area contributed by atoms with Gasteiger partial charge in [0.15, 0.2) is 0 Å². The van der Waals surface area contributed by atoms with Gasteiger partial charge in [0.2, 0.25) is 0 Å². The van der Waals surface area contributed by atoms with Crippen LogP contribution in [-0.4, -0.2) is 14.5 Å². The zero-order valence-corrected chi connectivity index (χ0v) is 7.27. The Morgan fingerprint density at radius 1 is 1.90 bits per heavy atom. The van der Waals surface area contributed by atoms with Crippen LogP contribution >= 0.6 is 22.6 Å². The normalized spacial score (nSPS) is 9.80. The zero-order chi connectivity index (χ0) is 7.72. The Kier molecular flexibility index (Phi) is 1.88. The lowest BCUT2D eigenvalue weighted by molar-refractivity contribution is -0.391.